The predicted molar refractivity (Wildman–Crippen MR) is 84.0 cm³/mol. The third-order valence-corrected chi connectivity index (χ3v) is 4.59. The van der Waals surface area contributed by atoms with Gasteiger partial charge in [-0.2, -0.15) is 0 Å². The monoisotopic (exact) mass is 331 g/mol. The number of likely N-dealkylation sites (tertiary alicyclic amines) is 1. The number of carbonyl (C=O) groups is 1. The first-order valence-corrected chi connectivity index (χ1v) is 8.01. The van der Waals surface area contributed by atoms with Crippen molar-refractivity contribution in [2.75, 3.05) is 18.4 Å². The lowest BCUT2D eigenvalue weighted by molar-refractivity contribution is 0.139. The van der Waals surface area contributed by atoms with Crippen LogP contribution in [-0.2, 0) is 0 Å². The first-order chi connectivity index (χ1) is 11.6. The van der Waals surface area contributed by atoms with Gasteiger partial charge in [0.15, 0.2) is 0 Å². The normalized spacial score (nSPS) is 23.5. The second kappa shape index (κ2) is 5.86. The van der Waals surface area contributed by atoms with E-state index in [1.807, 2.05) is 0 Å². The van der Waals surface area contributed by atoms with Crippen LogP contribution in [0.15, 0.2) is 30.6 Å². The number of aliphatic hydroxyl groups is 1. The molecule has 2 atom stereocenters. The topological polar surface area (TPSA) is 83.3 Å². The van der Waals surface area contributed by atoms with Crippen LogP contribution in [0.4, 0.5) is 14.9 Å². The number of nitrogens with one attached hydrogen (secondary N) is 1. The van der Waals surface area contributed by atoms with Gasteiger partial charge in [-0.05, 0) is 42.5 Å². The largest absolute Gasteiger partial charge is 0.389 e. The molecule has 1 saturated carbocycles. The molecule has 2 fully saturated rings. The Morgan fingerprint density at radius 2 is 2.17 bits per heavy atom. The predicted octanol–water partition coefficient (Wildman–Crippen LogP) is 1.74. The van der Waals surface area contributed by atoms with Crippen LogP contribution < -0.4 is 5.32 Å². The number of β-amino-alcohol motifs (C(OH)–C–C–N with tert-alkyl or cyclic N) is 1. The molecule has 1 aliphatic carbocycles. The zero-order valence-corrected chi connectivity index (χ0v) is 13.0. The lowest BCUT2D eigenvalue weighted by Crippen LogP contribution is -2.33. The standard InChI is InChI=1S/C16H18FN5O2/c17-13-4-3-11(7-12(13)10-1-2-10)19-16(24)21-8-14(15(23)9-21)22-6-5-18-20-22/h3-7,10,14-15,23H,1-2,8-9H2,(H,19,24)/t14-,15-/m1/s1. The van der Waals surface area contributed by atoms with Crippen molar-refractivity contribution in [1.82, 2.24) is 19.9 Å². The van der Waals surface area contributed by atoms with Crippen LogP contribution in [0.25, 0.3) is 0 Å². The van der Waals surface area contributed by atoms with Gasteiger partial charge in [0, 0.05) is 18.4 Å². The van der Waals surface area contributed by atoms with Crippen molar-refractivity contribution in [2.45, 2.75) is 30.9 Å². The number of hydrogen-bond acceptors (Lipinski definition) is 4. The van der Waals surface area contributed by atoms with Gasteiger partial charge in [-0.25, -0.2) is 13.9 Å². The molecule has 2 heterocycles. The molecular formula is C16H18FN5O2. The Kier molecular flexibility index (Phi) is 3.68. The van der Waals surface area contributed by atoms with Crippen LogP contribution in [0.5, 0.6) is 0 Å². The summed E-state index contributed by atoms with van der Waals surface area (Å²) in [5.41, 5.74) is 1.23. The Hall–Kier alpha value is -2.48. The summed E-state index contributed by atoms with van der Waals surface area (Å²) in [6.45, 7) is 0.556. The van der Waals surface area contributed by atoms with Crippen molar-refractivity contribution in [3.05, 3.63) is 42.0 Å². The molecule has 8 heteroatoms. The molecule has 0 unspecified atom stereocenters. The lowest BCUT2D eigenvalue weighted by Gasteiger charge is -2.17. The molecule has 2 aromatic rings. The van der Waals surface area contributed by atoms with Crippen molar-refractivity contribution in [1.29, 1.82) is 0 Å². The van der Waals surface area contributed by atoms with Crippen molar-refractivity contribution in [3.8, 4) is 0 Å². The summed E-state index contributed by atoms with van der Waals surface area (Å²) >= 11 is 0. The highest BCUT2D eigenvalue weighted by atomic mass is 19.1. The summed E-state index contributed by atoms with van der Waals surface area (Å²) in [6, 6.07) is 4.02. The molecule has 4 rings (SSSR count). The number of aliphatic hydroxyl groups excluding tert-OH is 1. The van der Waals surface area contributed by atoms with Gasteiger partial charge in [-0.1, -0.05) is 5.21 Å². The van der Waals surface area contributed by atoms with E-state index in [4.69, 9.17) is 0 Å². The van der Waals surface area contributed by atoms with Crippen molar-refractivity contribution in [2.24, 2.45) is 0 Å². The maximum atomic E-state index is 13.8. The minimum atomic E-state index is -0.701. The molecule has 7 nitrogen and oxygen atoms in total. The van der Waals surface area contributed by atoms with Gasteiger partial charge in [0.2, 0.25) is 0 Å². The zero-order chi connectivity index (χ0) is 16.7. The number of anilines is 1. The van der Waals surface area contributed by atoms with E-state index in [2.05, 4.69) is 15.6 Å². The minimum Gasteiger partial charge on any atom is -0.389 e. The van der Waals surface area contributed by atoms with E-state index >= 15 is 0 Å². The number of hydrogen-bond donors (Lipinski definition) is 2. The Bertz CT molecular complexity index is 747. The number of aromatic nitrogens is 3. The molecule has 0 bridgehead atoms. The van der Waals surface area contributed by atoms with E-state index in [0.29, 0.717) is 17.8 Å². The summed E-state index contributed by atoms with van der Waals surface area (Å²) in [5.74, 6) is 0.0468. The number of carbonyl (C=O) groups excluding carboxylic acids is 1. The third-order valence-electron chi connectivity index (χ3n) is 4.59. The molecular weight excluding hydrogens is 313 g/mol. The maximum absolute atomic E-state index is 13.8. The van der Waals surface area contributed by atoms with E-state index in [1.54, 1.807) is 23.0 Å². The van der Waals surface area contributed by atoms with Crippen LogP contribution in [-0.4, -0.2) is 50.2 Å². The SMILES string of the molecule is O=C(Nc1ccc(F)c(C2CC2)c1)N1C[C@@H](O)[C@H](n2ccnn2)C1. The number of nitrogens with zero attached hydrogens (tertiary/aromatic N) is 4. The molecule has 2 amide bonds. The van der Waals surface area contributed by atoms with E-state index in [9.17, 15) is 14.3 Å². The number of halogens is 1. The van der Waals surface area contributed by atoms with Crippen LogP contribution >= 0.6 is 0 Å². The summed E-state index contributed by atoms with van der Waals surface area (Å²) in [5, 5.41) is 20.5. The molecule has 2 N–H and O–H groups in total. The van der Waals surface area contributed by atoms with Crippen LogP contribution in [0.1, 0.15) is 30.4 Å². The maximum Gasteiger partial charge on any atom is 0.322 e. The van der Waals surface area contributed by atoms with Crippen molar-refractivity contribution >= 4 is 11.7 Å². The number of urea groups is 1. The summed E-state index contributed by atoms with van der Waals surface area (Å²) < 4.78 is 15.3. The average molecular weight is 331 g/mol. The average Bonchev–Trinajstić information content (AvgIpc) is 3.11. The molecule has 24 heavy (non-hydrogen) atoms. The van der Waals surface area contributed by atoms with E-state index in [-0.39, 0.29) is 30.4 Å². The van der Waals surface area contributed by atoms with Gasteiger partial charge in [-0.3, -0.25) is 0 Å². The Balaban J connectivity index is 1.44. The summed E-state index contributed by atoms with van der Waals surface area (Å²) in [6.07, 6.45) is 4.48. The molecule has 0 radical (unpaired) electrons. The Morgan fingerprint density at radius 3 is 2.88 bits per heavy atom. The smallest absolute Gasteiger partial charge is 0.322 e. The van der Waals surface area contributed by atoms with Crippen LogP contribution in [0, 0.1) is 5.82 Å². The fourth-order valence-corrected chi connectivity index (χ4v) is 3.12. The molecule has 1 aliphatic heterocycles. The quantitative estimate of drug-likeness (QED) is 0.897. The molecule has 126 valence electrons. The van der Waals surface area contributed by atoms with E-state index < -0.39 is 6.10 Å². The van der Waals surface area contributed by atoms with Gasteiger partial charge >= 0.3 is 6.03 Å². The van der Waals surface area contributed by atoms with Gasteiger partial charge in [0.05, 0.1) is 24.9 Å². The Morgan fingerprint density at radius 1 is 1.33 bits per heavy atom. The third kappa shape index (κ3) is 2.84. The van der Waals surface area contributed by atoms with Gasteiger partial charge in [-0.15, -0.1) is 5.10 Å². The first-order valence-electron chi connectivity index (χ1n) is 8.01. The van der Waals surface area contributed by atoms with Gasteiger partial charge in [0.25, 0.3) is 0 Å². The fourth-order valence-electron chi connectivity index (χ4n) is 3.12. The highest BCUT2D eigenvalue weighted by Crippen LogP contribution is 2.42. The lowest BCUT2D eigenvalue weighted by atomic mass is 10.1. The van der Waals surface area contributed by atoms with E-state index in [1.165, 1.54) is 17.2 Å². The second-order valence-corrected chi connectivity index (χ2v) is 6.36. The fraction of sp³-hybridized carbons (Fsp3) is 0.438. The van der Waals surface area contributed by atoms with Crippen LogP contribution in [0.2, 0.25) is 0 Å². The second-order valence-electron chi connectivity index (χ2n) is 6.36. The zero-order valence-electron chi connectivity index (χ0n) is 13.0. The number of rotatable bonds is 3. The van der Waals surface area contributed by atoms with E-state index in [0.717, 1.165) is 12.8 Å². The number of benzene rings is 1. The van der Waals surface area contributed by atoms with Gasteiger partial charge < -0.3 is 15.3 Å². The molecule has 0 spiro atoms. The highest BCUT2D eigenvalue weighted by Gasteiger charge is 2.36. The minimum absolute atomic E-state index is 0.215. The Labute approximate surface area is 138 Å². The summed E-state index contributed by atoms with van der Waals surface area (Å²) in [7, 11) is 0. The first kappa shape index (κ1) is 15.1. The molecule has 1 aromatic heterocycles. The van der Waals surface area contributed by atoms with Crippen molar-refractivity contribution < 1.29 is 14.3 Å². The number of amides is 2. The molecule has 1 saturated heterocycles. The van der Waals surface area contributed by atoms with Crippen molar-refractivity contribution in [3.63, 3.8) is 0 Å². The van der Waals surface area contributed by atoms with Crippen LogP contribution in [0.3, 0.4) is 0 Å². The summed E-state index contributed by atoms with van der Waals surface area (Å²) in [4.78, 5) is 13.9. The van der Waals surface area contributed by atoms with Gasteiger partial charge in [0.1, 0.15) is 5.82 Å². The molecule has 2 aliphatic rings. The molecule has 1 aromatic carbocycles. The highest BCUT2D eigenvalue weighted by molar-refractivity contribution is 5.89.